The Hall–Kier alpha value is -3.53. The van der Waals surface area contributed by atoms with Gasteiger partial charge in [0.15, 0.2) is 0 Å². The van der Waals surface area contributed by atoms with Crippen molar-refractivity contribution in [3.05, 3.63) is 42.0 Å². The van der Waals surface area contributed by atoms with Crippen molar-refractivity contribution < 1.29 is 29.1 Å². The molecule has 1 heterocycles. The number of benzene rings is 1. The molecule has 35 heavy (non-hydrogen) atoms. The lowest BCUT2D eigenvalue weighted by Gasteiger charge is -2.24. The minimum absolute atomic E-state index is 0.152. The Bertz CT molecular complexity index is 956. The highest BCUT2D eigenvalue weighted by molar-refractivity contribution is 6.12. The molecule has 190 valence electrons. The standard InChI is InChI=1S/C25H34N4O6/c1-16(2)23(28-20(31)10-5-4-6-13-29-21(32)11-12-22(29)33)25(35)26-17(3)24(34)27-19-9-7-8-18(14-19)15-30/h7-9,11-12,14,16-17,23,30H,4-6,10,13,15H2,1-3H3,(H,26,35)(H,27,34)(H,28,31)/t17-,23-/m0/s1. The fraction of sp³-hybridized carbons (Fsp3) is 0.480. The summed E-state index contributed by atoms with van der Waals surface area (Å²) in [6.07, 6.45) is 4.48. The fourth-order valence-corrected chi connectivity index (χ4v) is 3.53. The molecule has 0 aliphatic carbocycles. The Morgan fingerprint density at radius 2 is 1.63 bits per heavy atom. The van der Waals surface area contributed by atoms with Crippen LogP contribution in [0.15, 0.2) is 36.4 Å². The number of carbonyl (C=O) groups is 5. The highest BCUT2D eigenvalue weighted by Gasteiger charge is 2.27. The number of aliphatic hydroxyl groups is 1. The van der Waals surface area contributed by atoms with E-state index in [0.29, 0.717) is 37.1 Å². The van der Waals surface area contributed by atoms with Crippen LogP contribution in [0.2, 0.25) is 0 Å². The number of anilines is 1. The van der Waals surface area contributed by atoms with Gasteiger partial charge in [-0.1, -0.05) is 32.4 Å². The molecule has 1 aliphatic rings. The lowest BCUT2D eigenvalue weighted by atomic mass is 10.0. The van der Waals surface area contributed by atoms with Gasteiger partial charge in [-0.25, -0.2) is 0 Å². The summed E-state index contributed by atoms with van der Waals surface area (Å²) in [6.45, 7) is 5.31. The van der Waals surface area contributed by atoms with E-state index in [-0.39, 0.29) is 36.7 Å². The summed E-state index contributed by atoms with van der Waals surface area (Å²) in [6, 6.07) is 5.11. The first kappa shape index (κ1) is 27.7. The predicted molar refractivity (Wildman–Crippen MR) is 130 cm³/mol. The summed E-state index contributed by atoms with van der Waals surface area (Å²) in [7, 11) is 0. The van der Waals surface area contributed by atoms with E-state index in [9.17, 15) is 29.1 Å². The Kier molecular flexibility index (Phi) is 10.6. The van der Waals surface area contributed by atoms with Gasteiger partial charge in [-0.2, -0.15) is 0 Å². The minimum atomic E-state index is -0.844. The van der Waals surface area contributed by atoms with Crippen LogP contribution in [0.4, 0.5) is 5.69 Å². The van der Waals surface area contributed by atoms with Gasteiger partial charge in [0, 0.05) is 30.8 Å². The Morgan fingerprint density at radius 3 is 2.26 bits per heavy atom. The molecule has 4 N–H and O–H groups in total. The number of amides is 5. The molecule has 1 aromatic rings. The SMILES string of the molecule is CC(C)[C@H](NC(=O)CCCCCN1C(=O)C=CC1=O)C(=O)N[C@@H](C)C(=O)Nc1cccc(CO)c1. The van der Waals surface area contributed by atoms with Crippen molar-refractivity contribution in [1.82, 2.24) is 15.5 Å². The molecule has 0 radical (unpaired) electrons. The van der Waals surface area contributed by atoms with Gasteiger partial charge in [-0.3, -0.25) is 28.9 Å². The summed E-state index contributed by atoms with van der Waals surface area (Å²) >= 11 is 0. The van der Waals surface area contributed by atoms with E-state index >= 15 is 0 Å². The summed E-state index contributed by atoms with van der Waals surface area (Å²) in [4.78, 5) is 61.8. The lowest BCUT2D eigenvalue weighted by Crippen LogP contribution is -2.53. The number of imide groups is 1. The summed E-state index contributed by atoms with van der Waals surface area (Å²) < 4.78 is 0. The first-order chi connectivity index (χ1) is 16.6. The van der Waals surface area contributed by atoms with Gasteiger partial charge in [-0.15, -0.1) is 0 Å². The average Bonchev–Trinajstić information content (AvgIpc) is 3.14. The van der Waals surface area contributed by atoms with Gasteiger partial charge in [0.05, 0.1) is 6.61 Å². The van der Waals surface area contributed by atoms with E-state index in [2.05, 4.69) is 16.0 Å². The van der Waals surface area contributed by atoms with E-state index in [1.165, 1.54) is 17.1 Å². The molecule has 1 aromatic carbocycles. The highest BCUT2D eigenvalue weighted by atomic mass is 16.3. The number of carbonyl (C=O) groups excluding carboxylic acids is 5. The number of unbranched alkanes of at least 4 members (excludes halogenated alkanes) is 2. The molecule has 0 saturated heterocycles. The molecule has 0 saturated carbocycles. The van der Waals surface area contributed by atoms with Gasteiger partial charge in [-0.05, 0) is 43.4 Å². The zero-order valence-corrected chi connectivity index (χ0v) is 20.4. The van der Waals surface area contributed by atoms with E-state index in [4.69, 9.17) is 0 Å². The average molecular weight is 487 g/mol. The van der Waals surface area contributed by atoms with Crippen LogP contribution in [0.25, 0.3) is 0 Å². The van der Waals surface area contributed by atoms with Crippen LogP contribution in [0.3, 0.4) is 0 Å². The third kappa shape index (κ3) is 8.64. The molecule has 10 heteroatoms. The molecular weight excluding hydrogens is 452 g/mol. The normalized spacial score (nSPS) is 14.7. The van der Waals surface area contributed by atoms with Gasteiger partial charge in [0.25, 0.3) is 11.8 Å². The second kappa shape index (κ2) is 13.4. The maximum absolute atomic E-state index is 12.8. The van der Waals surface area contributed by atoms with Crippen molar-refractivity contribution in [3.8, 4) is 0 Å². The molecule has 0 spiro atoms. The van der Waals surface area contributed by atoms with Crippen LogP contribution in [0.1, 0.15) is 52.0 Å². The monoisotopic (exact) mass is 486 g/mol. The number of hydrogen-bond donors (Lipinski definition) is 4. The molecule has 2 rings (SSSR count). The Labute approximate surface area is 205 Å². The number of aliphatic hydroxyl groups excluding tert-OH is 1. The lowest BCUT2D eigenvalue weighted by molar-refractivity contribution is -0.137. The largest absolute Gasteiger partial charge is 0.392 e. The molecule has 0 bridgehead atoms. The van der Waals surface area contributed by atoms with Crippen molar-refractivity contribution >= 4 is 35.2 Å². The highest BCUT2D eigenvalue weighted by Crippen LogP contribution is 2.12. The van der Waals surface area contributed by atoms with Crippen molar-refractivity contribution in [1.29, 1.82) is 0 Å². The summed E-state index contributed by atoms with van der Waals surface area (Å²) in [5.74, 6) is -2.01. The van der Waals surface area contributed by atoms with E-state index in [1.54, 1.807) is 45.0 Å². The van der Waals surface area contributed by atoms with Crippen molar-refractivity contribution in [2.75, 3.05) is 11.9 Å². The maximum atomic E-state index is 12.8. The fourth-order valence-electron chi connectivity index (χ4n) is 3.53. The van der Waals surface area contributed by atoms with E-state index < -0.39 is 23.9 Å². The van der Waals surface area contributed by atoms with Crippen LogP contribution in [-0.4, -0.2) is 58.2 Å². The van der Waals surface area contributed by atoms with E-state index in [1.807, 2.05) is 0 Å². The van der Waals surface area contributed by atoms with Gasteiger partial charge >= 0.3 is 0 Å². The predicted octanol–water partition coefficient (Wildman–Crippen LogP) is 1.25. The Morgan fingerprint density at radius 1 is 0.943 bits per heavy atom. The molecule has 2 atom stereocenters. The zero-order valence-electron chi connectivity index (χ0n) is 20.4. The minimum Gasteiger partial charge on any atom is -0.392 e. The first-order valence-electron chi connectivity index (χ1n) is 11.8. The number of nitrogens with one attached hydrogen (secondary N) is 3. The number of rotatable bonds is 13. The maximum Gasteiger partial charge on any atom is 0.253 e. The molecular formula is C25H34N4O6. The van der Waals surface area contributed by atoms with Crippen molar-refractivity contribution in [2.45, 2.75) is 65.1 Å². The van der Waals surface area contributed by atoms with Crippen LogP contribution in [0.5, 0.6) is 0 Å². The van der Waals surface area contributed by atoms with Crippen molar-refractivity contribution in [2.24, 2.45) is 5.92 Å². The molecule has 10 nitrogen and oxygen atoms in total. The van der Waals surface area contributed by atoms with Gasteiger partial charge in [0.1, 0.15) is 12.1 Å². The molecule has 1 aliphatic heterocycles. The summed E-state index contributed by atoms with van der Waals surface area (Å²) in [5, 5.41) is 17.3. The van der Waals surface area contributed by atoms with Crippen LogP contribution < -0.4 is 16.0 Å². The van der Waals surface area contributed by atoms with Gasteiger partial charge in [0.2, 0.25) is 17.7 Å². The third-order valence-corrected chi connectivity index (χ3v) is 5.58. The second-order valence-electron chi connectivity index (χ2n) is 8.84. The van der Waals surface area contributed by atoms with Crippen LogP contribution in [0, 0.1) is 5.92 Å². The number of nitrogens with zero attached hydrogens (tertiary/aromatic N) is 1. The van der Waals surface area contributed by atoms with Crippen LogP contribution >= 0.6 is 0 Å². The third-order valence-electron chi connectivity index (χ3n) is 5.58. The van der Waals surface area contributed by atoms with Crippen molar-refractivity contribution in [3.63, 3.8) is 0 Å². The number of hydrogen-bond acceptors (Lipinski definition) is 6. The molecule has 0 aromatic heterocycles. The van der Waals surface area contributed by atoms with E-state index in [0.717, 1.165) is 0 Å². The van der Waals surface area contributed by atoms with Crippen LogP contribution in [-0.2, 0) is 30.6 Å². The van der Waals surface area contributed by atoms with Gasteiger partial charge < -0.3 is 21.1 Å². The Balaban J connectivity index is 1.76. The zero-order chi connectivity index (χ0) is 26.0. The quantitative estimate of drug-likeness (QED) is 0.244. The smallest absolute Gasteiger partial charge is 0.253 e. The molecule has 0 unspecified atom stereocenters. The summed E-state index contributed by atoms with van der Waals surface area (Å²) in [5.41, 5.74) is 1.16. The molecule has 5 amide bonds. The topological polar surface area (TPSA) is 145 Å². The molecule has 0 fully saturated rings. The second-order valence-corrected chi connectivity index (χ2v) is 8.84. The first-order valence-corrected chi connectivity index (χ1v) is 11.8.